The zero-order valence-corrected chi connectivity index (χ0v) is 22.1. The Balaban J connectivity index is 1.73. The molecule has 2 unspecified atom stereocenters. The summed E-state index contributed by atoms with van der Waals surface area (Å²) in [6.07, 6.45) is 5.50. The number of esters is 1. The number of aryl methyl sites for hydroxylation is 1. The van der Waals surface area contributed by atoms with Crippen molar-refractivity contribution in [1.82, 2.24) is 0 Å². The fraction of sp³-hybridized carbons (Fsp3) is 0.481. The zero-order valence-electron chi connectivity index (χ0n) is 21.3. The van der Waals surface area contributed by atoms with Gasteiger partial charge in [-0.15, -0.1) is 0 Å². The third-order valence-corrected chi connectivity index (χ3v) is 7.68. The molecule has 0 saturated heterocycles. The van der Waals surface area contributed by atoms with E-state index in [-0.39, 0.29) is 24.9 Å². The highest BCUT2D eigenvalue weighted by atomic mass is 32.2. The van der Waals surface area contributed by atoms with Crippen molar-refractivity contribution in [3.63, 3.8) is 0 Å². The van der Waals surface area contributed by atoms with E-state index in [2.05, 4.69) is 4.36 Å². The number of anilines is 1. The van der Waals surface area contributed by atoms with E-state index in [0.717, 1.165) is 36.8 Å². The maximum absolute atomic E-state index is 13.3. The van der Waals surface area contributed by atoms with Crippen molar-refractivity contribution in [2.45, 2.75) is 69.4 Å². The van der Waals surface area contributed by atoms with Crippen molar-refractivity contribution >= 4 is 28.2 Å². The molecule has 2 aliphatic carbocycles. The third kappa shape index (κ3) is 5.64. The summed E-state index contributed by atoms with van der Waals surface area (Å²) in [5.74, 6) is 0.563. The van der Waals surface area contributed by atoms with Gasteiger partial charge in [0, 0.05) is 5.69 Å². The molecular formula is C27H32N2O7S. The van der Waals surface area contributed by atoms with Gasteiger partial charge in [-0.05, 0) is 87.6 Å². The second kappa shape index (κ2) is 11.3. The molecule has 4 rings (SSSR count). The molecular weight excluding hydrogens is 496 g/mol. The number of amides is 2. The highest BCUT2D eigenvalue weighted by Gasteiger charge is 2.54. The van der Waals surface area contributed by atoms with Crippen LogP contribution in [0.15, 0.2) is 46.8 Å². The van der Waals surface area contributed by atoms with Crippen molar-refractivity contribution in [2.75, 3.05) is 19.1 Å². The van der Waals surface area contributed by atoms with E-state index in [0.29, 0.717) is 23.6 Å². The number of nitrogens with zero attached hydrogens (tertiary/aromatic N) is 2. The van der Waals surface area contributed by atoms with Gasteiger partial charge in [0.1, 0.15) is 5.54 Å². The molecule has 37 heavy (non-hydrogen) atoms. The molecule has 0 heterocycles. The van der Waals surface area contributed by atoms with Crippen LogP contribution in [0.2, 0.25) is 0 Å². The number of benzene rings is 2. The molecule has 198 valence electrons. The first-order chi connectivity index (χ1) is 17.8. The fourth-order valence-electron chi connectivity index (χ4n) is 5.54. The zero-order chi connectivity index (χ0) is 26.6. The molecule has 0 aliphatic heterocycles. The summed E-state index contributed by atoms with van der Waals surface area (Å²) in [5.41, 5.74) is 0.835. The number of methoxy groups -OCH3 is 2. The molecule has 2 aromatic carbocycles. The van der Waals surface area contributed by atoms with Crippen LogP contribution < -0.4 is 14.4 Å². The monoisotopic (exact) mass is 528 g/mol. The first kappa shape index (κ1) is 26.7. The lowest BCUT2D eigenvalue weighted by molar-refractivity contribution is -0.146. The summed E-state index contributed by atoms with van der Waals surface area (Å²) in [4.78, 5) is 27.6. The Morgan fingerprint density at radius 2 is 1.70 bits per heavy atom. The number of hydrogen-bond donors (Lipinski definition) is 0. The summed E-state index contributed by atoms with van der Waals surface area (Å²) in [5, 5.41) is 0. The average Bonchev–Trinajstić information content (AvgIpc) is 3.55. The molecule has 9 nitrogen and oxygen atoms in total. The predicted octanol–water partition coefficient (Wildman–Crippen LogP) is 5.19. The summed E-state index contributed by atoms with van der Waals surface area (Å²) in [6, 6.07) is 11.6. The standard InChI is InChI=1S/C27H32N2O7S/c1-18-8-11-21(12-9-18)29(26(31)28-37(32)33)27(25(30)35-3)15-14-20(17-27)19-10-13-23(34-2)24(16-19)36-22-6-4-5-7-22/h8-13,16,20,22H,4-7,14-15,17H2,1-3H3. The lowest BCUT2D eigenvalue weighted by atomic mass is 9.90. The summed E-state index contributed by atoms with van der Waals surface area (Å²) < 4.78 is 42.9. The molecule has 2 fully saturated rings. The van der Waals surface area contributed by atoms with Crippen LogP contribution >= 0.6 is 0 Å². The number of ether oxygens (including phenoxy) is 3. The van der Waals surface area contributed by atoms with Crippen molar-refractivity contribution in [1.29, 1.82) is 0 Å². The Kier molecular flexibility index (Phi) is 8.16. The second-order valence-electron chi connectivity index (χ2n) is 9.66. The van der Waals surface area contributed by atoms with Gasteiger partial charge in [0.15, 0.2) is 11.5 Å². The molecule has 0 radical (unpaired) electrons. The first-order valence-electron chi connectivity index (χ1n) is 12.4. The largest absolute Gasteiger partial charge is 0.493 e. The van der Waals surface area contributed by atoms with Gasteiger partial charge in [-0.25, -0.2) is 9.59 Å². The number of urea groups is 1. The Hall–Kier alpha value is -3.40. The minimum Gasteiger partial charge on any atom is -0.493 e. The quantitative estimate of drug-likeness (QED) is 0.455. The Bertz CT molecular complexity index is 1280. The third-order valence-electron chi connectivity index (χ3n) is 7.37. The van der Waals surface area contributed by atoms with Gasteiger partial charge in [-0.2, -0.15) is 8.42 Å². The van der Waals surface area contributed by atoms with E-state index in [4.69, 9.17) is 14.2 Å². The molecule has 0 spiro atoms. The number of carbonyl (C=O) groups is 2. The first-order valence-corrected chi connectivity index (χ1v) is 13.5. The Labute approximate surface area is 218 Å². The van der Waals surface area contributed by atoms with Crippen LogP contribution in [0.5, 0.6) is 11.5 Å². The molecule has 2 saturated carbocycles. The Morgan fingerprint density at radius 1 is 1.00 bits per heavy atom. The van der Waals surface area contributed by atoms with E-state index < -0.39 is 28.0 Å². The lowest BCUT2D eigenvalue weighted by Crippen LogP contribution is -2.56. The normalized spacial score (nSPS) is 21.3. The van der Waals surface area contributed by atoms with E-state index in [9.17, 15) is 18.0 Å². The van der Waals surface area contributed by atoms with E-state index in [1.807, 2.05) is 25.1 Å². The lowest BCUT2D eigenvalue weighted by Gasteiger charge is -2.37. The highest BCUT2D eigenvalue weighted by molar-refractivity contribution is 7.62. The second-order valence-corrected chi connectivity index (χ2v) is 10.3. The fourth-order valence-corrected chi connectivity index (χ4v) is 5.75. The van der Waals surface area contributed by atoms with Crippen LogP contribution in [0.25, 0.3) is 0 Å². The molecule has 2 amide bonds. The van der Waals surface area contributed by atoms with Crippen LogP contribution in [-0.2, 0) is 20.0 Å². The average molecular weight is 529 g/mol. The van der Waals surface area contributed by atoms with E-state index in [1.165, 1.54) is 12.0 Å². The summed E-state index contributed by atoms with van der Waals surface area (Å²) in [6.45, 7) is 1.89. The molecule has 10 heteroatoms. The van der Waals surface area contributed by atoms with Crippen LogP contribution in [0.3, 0.4) is 0 Å². The van der Waals surface area contributed by atoms with Crippen molar-refractivity contribution < 1.29 is 32.2 Å². The van der Waals surface area contributed by atoms with Crippen molar-refractivity contribution in [3.05, 3.63) is 53.6 Å². The van der Waals surface area contributed by atoms with E-state index in [1.54, 1.807) is 31.4 Å². The minimum atomic E-state index is -2.98. The van der Waals surface area contributed by atoms with Gasteiger partial charge in [-0.1, -0.05) is 28.1 Å². The maximum atomic E-state index is 13.3. The maximum Gasteiger partial charge on any atom is 0.364 e. The Morgan fingerprint density at radius 3 is 2.32 bits per heavy atom. The summed E-state index contributed by atoms with van der Waals surface area (Å²) in [7, 11) is -0.118. The number of hydrogen-bond acceptors (Lipinski definition) is 7. The minimum absolute atomic E-state index is 0.116. The molecule has 2 aromatic rings. The van der Waals surface area contributed by atoms with Crippen LogP contribution in [-0.4, -0.2) is 46.3 Å². The van der Waals surface area contributed by atoms with Gasteiger partial charge in [0.25, 0.3) is 0 Å². The molecule has 2 atom stereocenters. The van der Waals surface area contributed by atoms with Gasteiger partial charge in [-0.3, -0.25) is 4.90 Å². The van der Waals surface area contributed by atoms with Gasteiger partial charge < -0.3 is 14.2 Å². The topological polar surface area (TPSA) is 112 Å². The van der Waals surface area contributed by atoms with Crippen molar-refractivity contribution in [3.8, 4) is 11.5 Å². The molecule has 0 N–H and O–H groups in total. The molecule has 2 aliphatic rings. The number of rotatable bonds is 7. The van der Waals surface area contributed by atoms with Crippen molar-refractivity contribution in [2.24, 2.45) is 4.36 Å². The van der Waals surface area contributed by atoms with Crippen LogP contribution in [0, 0.1) is 6.92 Å². The predicted molar refractivity (Wildman–Crippen MR) is 138 cm³/mol. The molecule has 0 aromatic heterocycles. The number of carbonyl (C=O) groups excluding carboxylic acids is 2. The van der Waals surface area contributed by atoms with Gasteiger partial charge in [0.2, 0.25) is 0 Å². The highest BCUT2D eigenvalue weighted by Crippen LogP contribution is 2.48. The van der Waals surface area contributed by atoms with E-state index >= 15 is 0 Å². The van der Waals surface area contributed by atoms with Crippen LogP contribution in [0.1, 0.15) is 62.0 Å². The van der Waals surface area contributed by atoms with Gasteiger partial charge >= 0.3 is 22.5 Å². The SMILES string of the molecule is COC(=O)C1(N(C(=O)N=S(=O)=O)c2ccc(C)cc2)CCC(c2ccc(OC)c(OC3CCCC3)c2)C1. The van der Waals surface area contributed by atoms with Gasteiger partial charge in [0.05, 0.1) is 20.3 Å². The smallest absolute Gasteiger partial charge is 0.364 e. The summed E-state index contributed by atoms with van der Waals surface area (Å²) >= 11 is 0. The molecule has 0 bridgehead atoms. The van der Waals surface area contributed by atoms with Crippen LogP contribution in [0.4, 0.5) is 10.5 Å².